The first kappa shape index (κ1) is 17.2. The molecule has 1 fully saturated rings. The first-order valence-corrected chi connectivity index (χ1v) is 9.61. The summed E-state index contributed by atoms with van der Waals surface area (Å²) in [5.41, 5.74) is 5.20. The zero-order chi connectivity index (χ0) is 17.9. The molecule has 1 saturated heterocycles. The summed E-state index contributed by atoms with van der Waals surface area (Å²) in [5.74, 6) is -0.0378. The fraction of sp³-hybridized carbons (Fsp3) is 0.500. The zero-order valence-corrected chi connectivity index (χ0v) is 15.4. The fourth-order valence-corrected chi connectivity index (χ4v) is 3.87. The number of benzene rings is 1. The monoisotopic (exact) mass is 353 g/mol. The molecule has 2 N–H and O–H groups in total. The van der Waals surface area contributed by atoms with E-state index in [1.54, 1.807) is 0 Å². The fourth-order valence-electron chi connectivity index (χ4n) is 3.87. The van der Waals surface area contributed by atoms with Crippen LogP contribution in [0.25, 0.3) is 5.69 Å². The highest BCUT2D eigenvalue weighted by Crippen LogP contribution is 2.27. The molecule has 26 heavy (non-hydrogen) atoms. The Morgan fingerprint density at radius 1 is 1.19 bits per heavy atom. The first-order chi connectivity index (χ1) is 12.7. The maximum atomic E-state index is 12.7. The van der Waals surface area contributed by atoms with Crippen LogP contribution in [0.5, 0.6) is 0 Å². The van der Waals surface area contributed by atoms with Gasteiger partial charge in [0.25, 0.3) is 5.91 Å². The number of aromatic nitrogens is 2. The van der Waals surface area contributed by atoms with Gasteiger partial charge in [-0.05, 0) is 38.3 Å². The van der Waals surface area contributed by atoms with E-state index in [1.807, 2.05) is 4.68 Å². The maximum absolute atomic E-state index is 12.7. The molecule has 1 aliphatic heterocycles. The number of carbonyl (C=O) groups is 1. The van der Waals surface area contributed by atoms with E-state index in [4.69, 9.17) is 0 Å². The van der Waals surface area contributed by atoms with E-state index in [-0.39, 0.29) is 5.91 Å². The molecule has 6 nitrogen and oxygen atoms in total. The van der Waals surface area contributed by atoms with Crippen LogP contribution in [0.1, 0.15) is 33.7 Å². The van der Waals surface area contributed by atoms with E-state index in [9.17, 15) is 4.79 Å². The molecule has 138 valence electrons. The van der Waals surface area contributed by atoms with Gasteiger partial charge in [-0.3, -0.25) is 9.69 Å². The number of nitrogens with zero attached hydrogens (tertiary/aromatic N) is 3. The van der Waals surface area contributed by atoms with Crippen molar-refractivity contribution >= 4 is 5.91 Å². The van der Waals surface area contributed by atoms with Gasteiger partial charge in [0.1, 0.15) is 0 Å². The Kier molecular flexibility index (Phi) is 5.04. The molecule has 2 aliphatic rings. The van der Waals surface area contributed by atoms with Crippen LogP contribution in [-0.2, 0) is 12.8 Å². The summed E-state index contributed by atoms with van der Waals surface area (Å²) in [5, 5.41) is 11.1. The minimum absolute atomic E-state index is 0.0378. The number of aryl methyl sites for hydroxylation is 1. The van der Waals surface area contributed by atoms with E-state index in [2.05, 4.69) is 51.8 Å². The van der Waals surface area contributed by atoms with Gasteiger partial charge in [0.2, 0.25) is 0 Å². The van der Waals surface area contributed by atoms with Crippen molar-refractivity contribution < 1.29 is 4.79 Å². The van der Waals surface area contributed by atoms with Crippen LogP contribution in [0.4, 0.5) is 0 Å². The third-order valence-electron chi connectivity index (χ3n) is 5.35. The Morgan fingerprint density at radius 2 is 1.96 bits per heavy atom. The highest BCUT2D eigenvalue weighted by molar-refractivity contribution is 5.94. The standard InChI is InChI=1S/C20H27N5O/c1-15-5-7-16(8-6-15)25-18-4-2-3-17(18)19(23-25)20(26)22-11-14-24-12-9-21-10-13-24/h5-8,21H,2-4,9-14H2,1H3,(H,22,26). The first-order valence-electron chi connectivity index (χ1n) is 9.61. The molecule has 2 heterocycles. The Balaban J connectivity index is 1.47. The van der Waals surface area contributed by atoms with Crippen LogP contribution in [0.15, 0.2) is 24.3 Å². The zero-order valence-electron chi connectivity index (χ0n) is 15.4. The molecule has 0 atom stereocenters. The number of carbonyl (C=O) groups excluding carboxylic acids is 1. The number of piperazine rings is 1. The van der Waals surface area contributed by atoms with E-state index >= 15 is 0 Å². The van der Waals surface area contributed by atoms with Gasteiger partial charge in [-0.2, -0.15) is 5.10 Å². The Bertz CT molecular complexity index is 774. The van der Waals surface area contributed by atoms with Gasteiger partial charge < -0.3 is 10.6 Å². The SMILES string of the molecule is Cc1ccc(-n2nc(C(=O)NCCN3CCNCC3)c3c2CCC3)cc1. The number of amides is 1. The quantitative estimate of drug-likeness (QED) is 0.851. The molecule has 0 bridgehead atoms. The van der Waals surface area contributed by atoms with Crippen LogP contribution in [0.3, 0.4) is 0 Å². The van der Waals surface area contributed by atoms with Crippen molar-refractivity contribution in [2.75, 3.05) is 39.3 Å². The molecule has 1 amide bonds. The largest absolute Gasteiger partial charge is 0.349 e. The van der Waals surface area contributed by atoms with Crippen LogP contribution in [-0.4, -0.2) is 59.9 Å². The lowest BCUT2D eigenvalue weighted by atomic mass is 10.2. The summed E-state index contributed by atoms with van der Waals surface area (Å²) < 4.78 is 1.97. The highest BCUT2D eigenvalue weighted by Gasteiger charge is 2.26. The average Bonchev–Trinajstić information content (AvgIpc) is 3.26. The second-order valence-electron chi connectivity index (χ2n) is 7.22. The van der Waals surface area contributed by atoms with Crippen molar-refractivity contribution in [3.8, 4) is 5.69 Å². The third-order valence-corrected chi connectivity index (χ3v) is 5.35. The van der Waals surface area contributed by atoms with Crippen molar-refractivity contribution in [1.29, 1.82) is 0 Å². The summed E-state index contributed by atoms with van der Waals surface area (Å²) in [6.45, 7) is 7.80. The predicted molar refractivity (Wildman–Crippen MR) is 102 cm³/mol. The van der Waals surface area contributed by atoms with E-state index < -0.39 is 0 Å². The van der Waals surface area contributed by atoms with Gasteiger partial charge >= 0.3 is 0 Å². The number of nitrogens with one attached hydrogen (secondary N) is 2. The van der Waals surface area contributed by atoms with E-state index in [1.165, 1.54) is 11.3 Å². The summed E-state index contributed by atoms with van der Waals surface area (Å²) in [4.78, 5) is 15.1. The smallest absolute Gasteiger partial charge is 0.272 e. The Labute approximate surface area is 154 Å². The lowest BCUT2D eigenvalue weighted by Crippen LogP contribution is -2.46. The molecule has 0 radical (unpaired) electrons. The molecule has 0 saturated carbocycles. The van der Waals surface area contributed by atoms with E-state index in [0.717, 1.165) is 63.2 Å². The number of hydrogen-bond donors (Lipinski definition) is 2. The number of rotatable bonds is 5. The normalized spacial score (nSPS) is 17.3. The molecule has 6 heteroatoms. The molecule has 4 rings (SSSR count). The molecular formula is C20H27N5O. The van der Waals surface area contributed by atoms with Crippen molar-refractivity contribution in [3.05, 3.63) is 46.8 Å². The van der Waals surface area contributed by atoms with Gasteiger partial charge in [0.15, 0.2) is 5.69 Å². The van der Waals surface area contributed by atoms with E-state index in [0.29, 0.717) is 12.2 Å². The lowest BCUT2D eigenvalue weighted by Gasteiger charge is -2.27. The Morgan fingerprint density at radius 3 is 2.73 bits per heavy atom. The summed E-state index contributed by atoms with van der Waals surface area (Å²) in [6, 6.07) is 8.33. The van der Waals surface area contributed by atoms with Gasteiger partial charge in [-0.25, -0.2) is 4.68 Å². The van der Waals surface area contributed by atoms with Crippen LogP contribution in [0, 0.1) is 6.92 Å². The molecule has 2 aromatic rings. The molecule has 0 unspecified atom stereocenters. The van der Waals surface area contributed by atoms with Crippen molar-refractivity contribution in [2.45, 2.75) is 26.2 Å². The molecule has 1 aromatic carbocycles. The van der Waals surface area contributed by atoms with Crippen molar-refractivity contribution in [3.63, 3.8) is 0 Å². The van der Waals surface area contributed by atoms with Gasteiger partial charge in [-0.1, -0.05) is 17.7 Å². The second-order valence-corrected chi connectivity index (χ2v) is 7.22. The maximum Gasteiger partial charge on any atom is 0.272 e. The molecule has 1 aromatic heterocycles. The van der Waals surface area contributed by atoms with Crippen LogP contribution < -0.4 is 10.6 Å². The number of fused-ring (bicyclic) bond motifs is 1. The van der Waals surface area contributed by atoms with Gasteiger partial charge in [0.05, 0.1) is 5.69 Å². The van der Waals surface area contributed by atoms with Crippen LogP contribution >= 0.6 is 0 Å². The summed E-state index contributed by atoms with van der Waals surface area (Å²) in [7, 11) is 0. The molecular weight excluding hydrogens is 326 g/mol. The van der Waals surface area contributed by atoms with Crippen LogP contribution in [0.2, 0.25) is 0 Å². The number of hydrogen-bond acceptors (Lipinski definition) is 4. The van der Waals surface area contributed by atoms with Crippen molar-refractivity contribution in [2.24, 2.45) is 0 Å². The average molecular weight is 353 g/mol. The Hall–Kier alpha value is -2.18. The minimum Gasteiger partial charge on any atom is -0.349 e. The third kappa shape index (κ3) is 3.52. The van der Waals surface area contributed by atoms with Gasteiger partial charge in [-0.15, -0.1) is 0 Å². The van der Waals surface area contributed by atoms with Gasteiger partial charge in [0, 0.05) is 50.5 Å². The highest BCUT2D eigenvalue weighted by atomic mass is 16.2. The summed E-state index contributed by atoms with van der Waals surface area (Å²) in [6.07, 6.45) is 3.03. The topological polar surface area (TPSA) is 62.2 Å². The van der Waals surface area contributed by atoms with Crippen molar-refractivity contribution in [1.82, 2.24) is 25.3 Å². The molecule has 0 spiro atoms. The predicted octanol–water partition coefficient (Wildman–Crippen LogP) is 1.30. The summed E-state index contributed by atoms with van der Waals surface area (Å²) >= 11 is 0. The lowest BCUT2D eigenvalue weighted by molar-refractivity contribution is 0.0941. The molecule has 1 aliphatic carbocycles. The second kappa shape index (κ2) is 7.60. The minimum atomic E-state index is -0.0378.